The first-order valence-corrected chi connectivity index (χ1v) is 21.7. The zero-order valence-corrected chi connectivity index (χ0v) is 35.5. The highest BCUT2D eigenvalue weighted by atomic mass is 16.2. The van der Waals surface area contributed by atoms with Gasteiger partial charge in [0.15, 0.2) is 0 Å². The van der Waals surface area contributed by atoms with Gasteiger partial charge in [0, 0.05) is 55.2 Å². The molecule has 4 atom stereocenters. The summed E-state index contributed by atoms with van der Waals surface area (Å²) >= 11 is 0. The van der Waals surface area contributed by atoms with Crippen LogP contribution < -0.4 is 26.6 Å². The van der Waals surface area contributed by atoms with Crippen molar-refractivity contribution in [3.05, 3.63) is 131 Å². The Hall–Kier alpha value is -6.82. The largest absolute Gasteiger partial charge is 0.355 e. The number of rotatable bonds is 14. The third-order valence-corrected chi connectivity index (χ3v) is 11.5. The van der Waals surface area contributed by atoms with Crippen LogP contribution in [0.2, 0.25) is 0 Å². The predicted molar refractivity (Wildman–Crippen MR) is 240 cm³/mol. The van der Waals surface area contributed by atoms with E-state index in [4.69, 9.17) is 0 Å². The molecule has 0 radical (unpaired) electrons. The maximum atomic E-state index is 14.1. The lowest BCUT2D eigenvalue weighted by Crippen LogP contribution is -2.54. The molecule has 4 aromatic carbocycles. The molecule has 0 aliphatic carbocycles. The Kier molecular flexibility index (Phi) is 15.0. The van der Waals surface area contributed by atoms with Gasteiger partial charge in [0.25, 0.3) is 0 Å². The molecule has 4 aromatic rings. The Labute approximate surface area is 368 Å². The van der Waals surface area contributed by atoms with Crippen LogP contribution in [0, 0.1) is 11.8 Å². The minimum Gasteiger partial charge on any atom is -0.355 e. The second-order valence-corrected chi connectivity index (χ2v) is 16.0. The zero-order chi connectivity index (χ0) is 44.1. The second kappa shape index (κ2) is 21.3. The molecule has 326 valence electrons. The number of benzene rings is 4. The lowest BCUT2D eigenvalue weighted by Gasteiger charge is -2.37. The van der Waals surface area contributed by atoms with E-state index in [0.717, 1.165) is 28.7 Å². The molecule has 3 aliphatic rings. The van der Waals surface area contributed by atoms with Gasteiger partial charge in [0.2, 0.25) is 35.4 Å². The molecule has 3 heterocycles. The average Bonchev–Trinajstić information content (AvgIpc) is 4.01. The predicted octanol–water partition coefficient (Wildman–Crippen LogP) is 3.98. The molecule has 0 bridgehead atoms. The lowest BCUT2D eigenvalue weighted by molar-refractivity contribution is -0.143. The van der Waals surface area contributed by atoms with Crippen LogP contribution in [0.1, 0.15) is 73.4 Å². The van der Waals surface area contributed by atoms with Crippen molar-refractivity contribution in [3.8, 4) is 11.8 Å². The summed E-state index contributed by atoms with van der Waals surface area (Å²) in [6.07, 6.45) is 3.25. The number of nitrogens with one attached hydrogen (secondary N) is 5. The molecule has 0 spiro atoms. The molecule has 3 fully saturated rings. The Morgan fingerprint density at radius 3 is 1.73 bits per heavy atom. The average molecular weight is 851 g/mol. The molecule has 7 rings (SSSR count). The maximum Gasteiger partial charge on any atom is 0.247 e. The molecule has 5 N–H and O–H groups in total. The van der Waals surface area contributed by atoms with Crippen LogP contribution in [0.15, 0.2) is 109 Å². The Morgan fingerprint density at radius 1 is 0.683 bits per heavy atom. The van der Waals surface area contributed by atoms with Crippen LogP contribution in [0.5, 0.6) is 0 Å². The fourth-order valence-corrected chi connectivity index (χ4v) is 8.34. The van der Waals surface area contributed by atoms with Crippen LogP contribution >= 0.6 is 0 Å². The van der Waals surface area contributed by atoms with Crippen LogP contribution in [0.25, 0.3) is 0 Å². The summed E-state index contributed by atoms with van der Waals surface area (Å²) in [7, 11) is 0. The molecular weight excluding hydrogens is 797 g/mol. The normalized spacial score (nSPS) is 18.3. The smallest absolute Gasteiger partial charge is 0.247 e. The zero-order valence-electron chi connectivity index (χ0n) is 35.5. The van der Waals surface area contributed by atoms with Gasteiger partial charge < -0.3 is 31.1 Å². The van der Waals surface area contributed by atoms with Crippen LogP contribution in [-0.4, -0.2) is 108 Å². The van der Waals surface area contributed by atoms with Crippen molar-refractivity contribution in [2.24, 2.45) is 0 Å². The molecule has 6 amide bonds. The van der Waals surface area contributed by atoms with Crippen molar-refractivity contribution in [1.82, 2.24) is 30.7 Å². The SMILES string of the molecule is CCCNC(=O)CNC(C(=O)N1CCC[C@H]1C(=O)Nc1ccc(C#Cc2ccc(NC(=O)[C@@H]3CCCN3C(=O)C(c3ccccc3)N3CCNC(=O)C3)cc2)cc1)c1ccccc1. The summed E-state index contributed by atoms with van der Waals surface area (Å²) in [5.74, 6) is 4.97. The fraction of sp³-hybridized carbons (Fsp3) is 0.347. The first-order chi connectivity index (χ1) is 30.7. The number of carbonyl (C=O) groups excluding carboxylic acids is 6. The highest BCUT2D eigenvalue weighted by Gasteiger charge is 2.41. The van der Waals surface area contributed by atoms with Crippen LogP contribution in [0.4, 0.5) is 11.4 Å². The lowest BCUT2D eigenvalue weighted by atomic mass is 10.0. The van der Waals surface area contributed by atoms with Crippen molar-refractivity contribution < 1.29 is 28.8 Å². The molecule has 3 saturated heterocycles. The standard InChI is InChI=1S/C49H54N8O6/c1-2-27-50-42(58)32-52-44(36-11-5-3-6-12-36)48(62)56-29-9-15-40(56)46(60)53-38-23-19-34(20-24-38)17-18-35-21-25-39(26-22-35)54-47(61)41-16-10-30-57(41)49(63)45(37-13-7-4-8-14-37)55-31-28-51-43(59)33-55/h3-8,11-14,19-26,40-41,44-45,52H,2,9-10,15-16,27-33H2,1H3,(H,50,58)(H,51,59)(H,53,60)(H,54,61)/t40-,41-,44?,45?/m0/s1. The van der Waals surface area contributed by atoms with Gasteiger partial charge in [-0.15, -0.1) is 0 Å². The molecule has 14 nitrogen and oxygen atoms in total. The monoisotopic (exact) mass is 850 g/mol. The van der Waals surface area contributed by atoms with Gasteiger partial charge in [-0.2, -0.15) is 0 Å². The summed E-state index contributed by atoms with van der Waals surface area (Å²) in [5, 5.41) is 14.7. The van der Waals surface area contributed by atoms with E-state index < -0.39 is 24.2 Å². The summed E-state index contributed by atoms with van der Waals surface area (Å²) in [6, 6.07) is 30.2. The highest BCUT2D eigenvalue weighted by molar-refractivity contribution is 5.99. The van der Waals surface area contributed by atoms with Gasteiger partial charge in [0.1, 0.15) is 24.2 Å². The Balaban J connectivity index is 0.931. The number of likely N-dealkylation sites (tertiary alicyclic amines) is 2. The number of carbonyl (C=O) groups is 6. The van der Waals surface area contributed by atoms with Gasteiger partial charge in [-0.1, -0.05) is 79.4 Å². The van der Waals surface area contributed by atoms with E-state index >= 15 is 0 Å². The Bertz CT molecular complexity index is 2310. The molecule has 0 saturated carbocycles. The van der Waals surface area contributed by atoms with E-state index in [1.807, 2.05) is 96.8 Å². The number of hydrogen-bond acceptors (Lipinski definition) is 8. The third kappa shape index (κ3) is 11.4. The third-order valence-electron chi connectivity index (χ3n) is 11.5. The van der Waals surface area contributed by atoms with Crippen molar-refractivity contribution in [3.63, 3.8) is 0 Å². The number of amides is 6. The van der Waals surface area contributed by atoms with Crippen LogP contribution in [0.3, 0.4) is 0 Å². The van der Waals surface area contributed by atoms with E-state index in [-0.39, 0.29) is 48.5 Å². The maximum absolute atomic E-state index is 14.1. The molecule has 2 unspecified atom stereocenters. The number of hydrogen-bond donors (Lipinski definition) is 5. The molecule has 3 aliphatic heterocycles. The van der Waals surface area contributed by atoms with Crippen molar-refractivity contribution in [1.29, 1.82) is 0 Å². The van der Waals surface area contributed by atoms with Crippen molar-refractivity contribution >= 4 is 46.8 Å². The minimum absolute atomic E-state index is 0.0285. The van der Waals surface area contributed by atoms with E-state index in [1.54, 1.807) is 34.1 Å². The molecular formula is C49H54N8O6. The Morgan fingerprint density at radius 2 is 1.21 bits per heavy atom. The van der Waals surface area contributed by atoms with E-state index in [0.29, 0.717) is 69.8 Å². The topological polar surface area (TPSA) is 172 Å². The van der Waals surface area contributed by atoms with Crippen LogP contribution in [-0.2, 0) is 28.8 Å². The number of piperazine rings is 1. The molecule has 14 heteroatoms. The quantitative estimate of drug-likeness (QED) is 0.119. The molecule has 0 aromatic heterocycles. The summed E-state index contributed by atoms with van der Waals surface area (Å²) in [5.41, 5.74) is 4.13. The van der Waals surface area contributed by atoms with Crippen molar-refractivity contribution in [2.45, 2.75) is 63.2 Å². The van der Waals surface area contributed by atoms with E-state index in [2.05, 4.69) is 38.4 Å². The number of nitrogens with zero attached hydrogens (tertiary/aromatic N) is 3. The van der Waals surface area contributed by atoms with E-state index in [9.17, 15) is 28.8 Å². The summed E-state index contributed by atoms with van der Waals surface area (Å²) in [6.45, 7) is 4.48. The first-order valence-electron chi connectivity index (χ1n) is 21.7. The second-order valence-electron chi connectivity index (χ2n) is 16.0. The number of anilines is 2. The molecule has 63 heavy (non-hydrogen) atoms. The minimum atomic E-state index is -0.781. The van der Waals surface area contributed by atoms with E-state index in [1.165, 1.54) is 0 Å². The van der Waals surface area contributed by atoms with Gasteiger partial charge in [-0.3, -0.25) is 39.0 Å². The van der Waals surface area contributed by atoms with Gasteiger partial charge in [-0.05, 0) is 91.8 Å². The van der Waals surface area contributed by atoms with Gasteiger partial charge in [0.05, 0.1) is 13.1 Å². The first kappa shape index (κ1) is 44.2. The fourth-order valence-electron chi connectivity index (χ4n) is 8.34. The van der Waals surface area contributed by atoms with Gasteiger partial charge >= 0.3 is 0 Å². The highest BCUT2D eigenvalue weighted by Crippen LogP contribution is 2.30. The van der Waals surface area contributed by atoms with Gasteiger partial charge in [-0.25, -0.2) is 0 Å². The summed E-state index contributed by atoms with van der Waals surface area (Å²) < 4.78 is 0. The summed E-state index contributed by atoms with van der Waals surface area (Å²) in [4.78, 5) is 85.0. The van der Waals surface area contributed by atoms with Crippen molar-refractivity contribution in [2.75, 3.05) is 56.4 Å².